The highest BCUT2D eigenvalue weighted by atomic mass is 16.4. The van der Waals surface area contributed by atoms with Gasteiger partial charge in [-0.15, -0.1) is 0 Å². The van der Waals surface area contributed by atoms with Crippen LogP contribution in [0.1, 0.15) is 46.7 Å². The maximum absolute atomic E-state index is 13.1. The molecule has 0 saturated carbocycles. The Balaban J connectivity index is 3.07. The number of rotatable bonds is 13. The van der Waals surface area contributed by atoms with Gasteiger partial charge in [0.25, 0.3) is 0 Å². The first-order valence-corrected chi connectivity index (χ1v) is 10.9. The fourth-order valence-electron chi connectivity index (χ4n) is 3.01. The summed E-state index contributed by atoms with van der Waals surface area (Å²) >= 11 is 0. The van der Waals surface area contributed by atoms with E-state index in [0.717, 1.165) is 0 Å². The summed E-state index contributed by atoms with van der Waals surface area (Å²) in [4.78, 5) is 56.4. The van der Waals surface area contributed by atoms with E-state index in [-0.39, 0.29) is 18.3 Å². The Morgan fingerprint density at radius 1 is 1.00 bits per heavy atom. The minimum absolute atomic E-state index is 0.0163. The second-order valence-corrected chi connectivity index (χ2v) is 8.87. The summed E-state index contributed by atoms with van der Waals surface area (Å²) in [5.41, 5.74) is 6.41. The van der Waals surface area contributed by atoms with Crippen LogP contribution in [0.25, 0.3) is 0 Å². The van der Waals surface area contributed by atoms with Crippen LogP contribution in [0, 0.1) is 11.8 Å². The minimum atomic E-state index is -1.56. The highest BCUT2D eigenvalue weighted by Crippen LogP contribution is 2.09. The van der Waals surface area contributed by atoms with Crippen LogP contribution in [-0.2, 0) is 25.6 Å². The number of aromatic amines is 1. The van der Waals surface area contributed by atoms with E-state index in [4.69, 9.17) is 5.73 Å². The molecule has 186 valence electrons. The molecule has 0 aromatic carbocycles. The van der Waals surface area contributed by atoms with Gasteiger partial charge in [-0.3, -0.25) is 14.4 Å². The summed E-state index contributed by atoms with van der Waals surface area (Å²) in [5, 5.41) is 26.4. The second-order valence-electron chi connectivity index (χ2n) is 8.87. The van der Waals surface area contributed by atoms with E-state index >= 15 is 0 Å². The number of carbonyl (C=O) groups excluding carboxylic acids is 3. The monoisotopic (exact) mass is 468 g/mol. The van der Waals surface area contributed by atoms with E-state index in [1.165, 1.54) is 19.4 Å². The van der Waals surface area contributed by atoms with Gasteiger partial charge < -0.3 is 36.9 Å². The third-order valence-electron chi connectivity index (χ3n) is 5.02. The molecule has 1 heterocycles. The van der Waals surface area contributed by atoms with E-state index in [1.807, 2.05) is 13.8 Å². The Morgan fingerprint density at radius 3 is 2.03 bits per heavy atom. The van der Waals surface area contributed by atoms with Crippen molar-refractivity contribution in [2.45, 2.75) is 77.7 Å². The van der Waals surface area contributed by atoms with Crippen LogP contribution in [0.15, 0.2) is 12.5 Å². The van der Waals surface area contributed by atoms with Crippen LogP contribution in [0.3, 0.4) is 0 Å². The summed E-state index contributed by atoms with van der Waals surface area (Å²) in [6.07, 6.45) is 1.78. The number of aliphatic hydroxyl groups is 1. The Kier molecular flexibility index (Phi) is 11.0. The van der Waals surface area contributed by atoms with Crippen LogP contribution in [0.4, 0.5) is 0 Å². The van der Waals surface area contributed by atoms with Gasteiger partial charge >= 0.3 is 5.97 Å². The fourth-order valence-corrected chi connectivity index (χ4v) is 3.01. The van der Waals surface area contributed by atoms with Crippen LogP contribution in [0.2, 0.25) is 0 Å². The van der Waals surface area contributed by atoms with E-state index in [9.17, 15) is 29.4 Å². The van der Waals surface area contributed by atoms with E-state index in [0.29, 0.717) is 12.1 Å². The summed E-state index contributed by atoms with van der Waals surface area (Å²) in [6, 6.07) is -4.51. The highest BCUT2D eigenvalue weighted by Gasteiger charge is 2.32. The SMILES string of the molecule is CC(C)CC(NC(=O)C(N)C(C)C)C(=O)NC(Cc1cnc[nH]1)C(=O)NC(C(=O)O)C(C)O. The molecule has 3 amide bonds. The van der Waals surface area contributed by atoms with Crippen molar-refractivity contribution in [2.75, 3.05) is 0 Å². The summed E-state index contributed by atoms with van der Waals surface area (Å²) < 4.78 is 0. The van der Waals surface area contributed by atoms with E-state index < -0.39 is 54.0 Å². The first-order chi connectivity index (χ1) is 15.3. The maximum Gasteiger partial charge on any atom is 0.328 e. The normalized spacial score (nSPS) is 15.9. The zero-order valence-electron chi connectivity index (χ0n) is 19.7. The Bertz CT molecular complexity index is 795. The largest absolute Gasteiger partial charge is 0.480 e. The molecule has 0 fully saturated rings. The quantitative estimate of drug-likeness (QED) is 0.189. The first-order valence-electron chi connectivity index (χ1n) is 10.9. The maximum atomic E-state index is 13.1. The topological polar surface area (TPSA) is 200 Å². The lowest BCUT2D eigenvalue weighted by Gasteiger charge is -2.26. The van der Waals surface area contributed by atoms with Gasteiger partial charge in [0.15, 0.2) is 6.04 Å². The molecule has 1 rings (SSSR count). The molecule has 0 bridgehead atoms. The molecule has 0 spiro atoms. The van der Waals surface area contributed by atoms with Gasteiger partial charge in [-0.1, -0.05) is 27.7 Å². The number of carboxylic acid groups (broad SMARTS) is 1. The van der Waals surface area contributed by atoms with Crippen LogP contribution in [-0.4, -0.2) is 74.1 Å². The Labute approximate surface area is 193 Å². The van der Waals surface area contributed by atoms with Gasteiger partial charge in [0, 0.05) is 18.3 Å². The first kappa shape index (κ1) is 28.0. The second kappa shape index (κ2) is 12.9. The number of aliphatic carboxylic acids is 1. The summed E-state index contributed by atoms with van der Waals surface area (Å²) in [5.74, 6) is -3.42. The molecule has 0 radical (unpaired) electrons. The van der Waals surface area contributed by atoms with Crippen molar-refractivity contribution in [3.63, 3.8) is 0 Å². The number of hydrogen-bond acceptors (Lipinski definition) is 7. The van der Waals surface area contributed by atoms with Crippen molar-refractivity contribution in [1.82, 2.24) is 25.9 Å². The number of nitrogens with zero attached hydrogens (tertiary/aromatic N) is 1. The molecule has 33 heavy (non-hydrogen) atoms. The van der Waals surface area contributed by atoms with Gasteiger partial charge in [0.1, 0.15) is 12.1 Å². The lowest BCUT2D eigenvalue weighted by atomic mass is 10.00. The number of aromatic nitrogens is 2. The molecule has 5 unspecified atom stereocenters. The zero-order chi connectivity index (χ0) is 25.3. The average molecular weight is 469 g/mol. The molecule has 12 nitrogen and oxygen atoms in total. The molecular weight excluding hydrogens is 432 g/mol. The van der Waals surface area contributed by atoms with Gasteiger partial charge in [0.05, 0.1) is 18.5 Å². The molecule has 0 aliphatic carbocycles. The van der Waals surface area contributed by atoms with Crippen molar-refractivity contribution in [3.05, 3.63) is 18.2 Å². The summed E-state index contributed by atoms with van der Waals surface area (Å²) in [7, 11) is 0. The van der Waals surface area contributed by atoms with Crippen molar-refractivity contribution >= 4 is 23.7 Å². The number of hydrogen-bond donors (Lipinski definition) is 7. The predicted molar refractivity (Wildman–Crippen MR) is 120 cm³/mol. The fraction of sp³-hybridized carbons (Fsp3) is 0.667. The molecule has 0 saturated heterocycles. The number of nitrogens with one attached hydrogen (secondary N) is 4. The molecule has 8 N–H and O–H groups in total. The van der Waals surface area contributed by atoms with Crippen molar-refractivity contribution in [3.8, 4) is 0 Å². The Hall–Kier alpha value is -2.99. The molecule has 1 aromatic rings. The number of H-pyrrole nitrogens is 1. The molecular formula is C21H36N6O6. The standard InChI is InChI=1S/C21H36N6O6/c1-10(2)6-14(26-20(31)16(22)11(3)4)18(29)25-15(7-13-8-23-9-24-13)19(30)27-17(12(5)28)21(32)33/h8-12,14-17,28H,6-7,22H2,1-5H3,(H,23,24)(H,25,29)(H,26,31)(H,27,30)(H,32,33). The number of imidazole rings is 1. The molecule has 1 aromatic heterocycles. The number of nitrogens with two attached hydrogens (primary N) is 1. The van der Waals surface area contributed by atoms with Crippen molar-refractivity contribution in [2.24, 2.45) is 17.6 Å². The number of aliphatic hydroxyl groups excluding tert-OH is 1. The van der Waals surface area contributed by atoms with Crippen molar-refractivity contribution < 1.29 is 29.4 Å². The van der Waals surface area contributed by atoms with Gasteiger partial charge in [-0.25, -0.2) is 9.78 Å². The lowest BCUT2D eigenvalue weighted by Crippen LogP contribution is -2.59. The minimum Gasteiger partial charge on any atom is -0.480 e. The molecule has 5 atom stereocenters. The third-order valence-corrected chi connectivity index (χ3v) is 5.02. The van der Waals surface area contributed by atoms with Gasteiger partial charge in [-0.05, 0) is 25.2 Å². The van der Waals surface area contributed by atoms with Gasteiger partial charge in [-0.2, -0.15) is 0 Å². The number of amides is 3. The summed E-state index contributed by atoms with van der Waals surface area (Å²) in [6.45, 7) is 8.56. The number of carboxylic acids is 1. The third kappa shape index (κ3) is 9.18. The van der Waals surface area contributed by atoms with Crippen LogP contribution in [0.5, 0.6) is 0 Å². The zero-order valence-corrected chi connectivity index (χ0v) is 19.7. The predicted octanol–water partition coefficient (Wildman–Crippen LogP) is -1.10. The van der Waals surface area contributed by atoms with E-state index in [2.05, 4.69) is 25.9 Å². The van der Waals surface area contributed by atoms with Crippen LogP contribution < -0.4 is 21.7 Å². The number of carbonyl (C=O) groups is 4. The van der Waals surface area contributed by atoms with E-state index in [1.54, 1.807) is 13.8 Å². The van der Waals surface area contributed by atoms with Crippen molar-refractivity contribution in [1.29, 1.82) is 0 Å². The molecule has 0 aliphatic rings. The van der Waals surface area contributed by atoms with Gasteiger partial charge in [0.2, 0.25) is 17.7 Å². The molecule has 12 heteroatoms. The Morgan fingerprint density at radius 2 is 1.58 bits per heavy atom. The van der Waals surface area contributed by atoms with Crippen LogP contribution >= 0.6 is 0 Å². The molecule has 0 aliphatic heterocycles. The highest BCUT2D eigenvalue weighted by molar-refractivity contribution is 5.94. The smallest absolute Gasteiger partial charge is 0.328 e. The lowest BCUT2D eigenvalue weighted by molar-refractivity contribution is -0.145. The average Bonchev–Trinajstić information content (AvgIpc) is 3.22.